The van der Waals surface area contributed by atoms with Gasteiger partial charge in [0.15, 0.2) is 0 Å². The second kappa shape index (κ2) is 13.8. The molecule has 1 aromatic heterocycles. The van der Waals surface area contributed by atoms with Crippen molar-refractivity contribution in [2.45, 2.75) is 0 Å². The number of rotatable bonds is 5. The molecule has 0 aliphatic carbocycles. The SMILES string of the molecule is c1ccc(-c2ccccc2)cc1.c1ccc2cc(-c3c(Nc4ccc(-c5cccc6ccccc56)cc4)ccc4c3oc3ccccc34)ccc2c1. The van der Waals surface area contributed by atoms with Crippen LogP contribution < -0.4 is 5.32 Å². The van der Waals surface area contributed by atoms with Crippen LogP contribution in [0, 0.1) is 0 Å². The van der Waals surface area contributed by atoms with Crippen LogP contribution in [0.4, 0.5) is 11.4 Å². The summed E-state index contributed by atoms with van der Waals surface area (Å²) in [5.74, 6) is 0. The van der Waals surface area contributed by atoms with Crippen LogP contribution in [-0.4, -0.2) is 0 Å². The van der Waals surface area contributed by atoms with Crippen LogP contribution in [0.3, 0.4) is 0 Å². The number of furan rings is 1. The number of benzene rings is 9. The van der Waals surface area contributed by atoms with E-state index in [1.54, 1.807) is 0 Å². The molecule has 10 rings (SSSR count). The lowest BCUT2D eigenvalue weighted by molar-refractivity contribution is 0.670. The summed E-state index contributed by atoms with van der Waals surface area (Å²) < 4.78 is 6.51. The van der Waals surface area contributed by atoms with Crippen molar-refractivity contribution in [3.8, 4) is 33.4 Å². The van der Waals surface area contributed by atoms with E-state index in [4.69, 9.17) is 4.42 Å². The van der Waals surface area contributed by atoms with Gasteiger partial charge >= 0.3 is 0 Å². The predicted molar refractivity (Wildman–Crippen MR) is 221 cm³/mol. The highest BCUT2D eigenvalue weighted by molar-refractivity contribution is 6.13. The van der Waals surface area contributed by atoms with Gasteiger partial charge in [0.25, 0.3) is 0 Å². The summed E-state index contributed by atoms with van der Waals surface area (Å²) in [4.78, 5) is 0. The standard InChI is InChI=1S/C38H25NO.C12H10/c1-2-10-28-24-29(17-16-25(28)8-1)37-35(23-22-34-33-13-5-6-15-36(33)40-38(34)37)39-30-20-18-27(19-21-30)32-14-7-11-26-9-3-4-12-31(26)32;1-3-7-11(8-4-1)12-9-5-2-6-10-12/h1-24,39H;1-10H. The fourth-order valence-corrected chi connectivity index (χ4v) is 7.15. The fourth-order valence-electron chi connectivity index (χ4n) is 7.15. The third-order valence-electron chi connectivity index (χ3n) is 9.73. The molecule has 2 nitrogen and oxygen atoms in total. The molecule has 2 heteroatoms. The zero-order chi connectivity index (χ0) is 34.7. The van der Waals surface area contributed by atoms with Gasteiger partial charge in [0.05, 0.1) is 5.69 Å². The number of hydrogen-bond donors (Lipinski definition) is 1. The zero-order valence-corrected chi connectivity index (χ0v) is 28.5. The quantitative estimate of drug-likeness (QED) is 0.198. The van der Waals surface area contributed by atoms with Gasteiger partial charge in [-0.3, -0.25) is 0 Å². The summed E-state index contributed by atoms with van der Waals surface area (Å²) in [6.45, 7) is 0. The Hall–Kier alpha value is -6.90. The lowest BCUT2D eigenvalue weighted by Gasteiger charge is -2.15. The van der Waals surface area contributed by atoms with Gasteiger partial charge in [-0.05, 0) is 85.8 Å². The van der Waals surface area contributed by atoms with Crippen LogP contribution in [0.1, 0.15) is 0 Å². The first kappa shape index (κ1) is 31.1. The molecule has 0 saturated carbocycles. The molecule has 0 unspecified atom stereocenters. The van der Waals surface area contributed by atoms with E-state index < -0.39 is 0 Å². The van der Waals surface area contributed by atoms with E-state index in [9.17, 15) is 0 Å². The molecule has 1 N–H and O–H groups in total. The molecule has 0 radical (unpaired) electrons. The van der Waals surface area contributed by atoms with Crippen molar-refractivity contribution in [2.24, 2.45) is 0 Å². The summed E-state index contributed by atoms with van der Waals surface area (Å²) in [6.07, 6.45) is 0. The molecular formula is C50H35NO. The second-order valence-electron chi connectivity index (χ2n) is 13.0. The lowest BCUT2D eigenvalue weighted by Crippen LogP contribution is -1.94. The molecule has 0 amide bonds. The normalized spacial score (nSPS) is 11.1. The van der Waals surface area contributed by atoms with E-state index in [0.717, 1.165) is 44.4 Å². The third kappa shape index (κ3) is 6.08. The van der Waals surface area contributed by atoms with E-state index in [0.29, 0.717) is 0 Å². The van der Waals surface area contributed by atoms with Gasteiger partial charge in [0.2, 0.25) is 0 Å². The van der Waals surface area contributed by atoms with E-state index >= 15 is 0 Å². The first-order valence-corrected chi connectivity index (χ1v) is 17.7. The molecule has 0 saturated heterocycles. The Labute approximate surface area is 303 Å². The highest BCUT2D eigenvalue weighted by atomic mass is 16.3. The Balaban J connectivity index is 0.000000254. The Kier molecular flexibility index (Phi) is 8.24. The maximum atomic E-state index is 6.51. The number of anilines is 2. The van der Waals surface area contributed by atoms with Crippen LogP contribution in [0.25, 0.3) is 76.9 Å². The average molecular weight is 666 g/mol. The van der Waals surface area contributed by atoms with Crippen LogP contribution in [0.2, 0.25) is 0 Å². The molecule has 246 valence electrons. The predicted octanol–water partition coefficient (Wildman–Crippen LogP) is 14.3. The van der Waals surface area contributed by atoms with Gasteiger partial charge in [-0.15, -0.1) is 0 Å². The molecule has 0 fully saturated rings. The monoisotopic (exact) mass is 665 g/mol. The Bertz CT molecular complexity index is 2760. The number of fused-ring (bicyclic) bond motifs is 5. The molecule has 0 aliphatic heterocycles. The van der Waals surface area contributed by atoms with Crippen molar-refractivity contribution in [1.82, 2.24) is 0 Å². The van der Waals surface area contributed by atoms with Crippen LogP contribution in [-0.2, 0) is 0 Å². The van der Waals surface area contributed by atoms with Crippen molar-refractivity contribution in [2.75, 3.05) is 5.32 Å². The molecule has 0 atom stereocenters. The maximum Gasteiger partial charge on any atom is 0.145 e. The lowest BCUT2D eigenvalue weighted by atomic mass is 9.97. The minimum atomic E-state index is 0.897. The Morgan fingerprint density at radius 3 is 1.69 bits per heavy atom. The highest BCUT2D eigenvalue weighted by Gasteiger charge is 2.17. The maximum absolute atomic E-state index is 6.51. The van der Waals surface area contributed by atoms with Crippen molar-refractivity contribution in [3.63, 3.8) is 0 Å². The van der Waals surface area contributed by atoms with Gasteiger partial charge < -0.3 is 9.73 Å². The van der Waals surface area contributed by atoms with Crippen molar-refractivity contribution in [3.05, 3.63) is 206 Å². The van der Waals surface area contributed by atoms with Crippen LogP contribution >= 0.6 is 0 Å². The Morgan fingerprint density at radius 1 is 0.346 bits per heavy atom. The second-order valence-corrected chi connectivity index (χ2v) is 13.0. The number of hydrogen-bond acceptors (Lipinski definition) is 2. The van der Waals surface area contributed by atoms with E-state index in [1.165, 1.54) is 43.8 Å². The molecule has 0 aliphatic rings. The molecule has 10 aromatic rings. The topological polar surface area (TPSA) is 25.2 Å². The fraction of sp³-hybridized carbons (Fsp3) is 0. The van der Waals surface area contributed by atoms with Crippen molar-refractivity contribution in [1.29, 1.82) is 0 Å². The highest BCUT2D eigenvalue weighted by Crippen LogP contribution is 2.42. The zero-order valence-electron chi connectivity index (χ0n) is 28.5. The van der Waals surface area contributed by atoms with E-state index in [-0.39, 0.29) is 0 Å². The van der Waals surface area contributed by atoms with Gasteiger partial charge in [-0.25, -0.2) is 0 Å². The number of nitrogens with one attached hydrogen (secondary N) is 1. The first-order chi connectivity index (χ1) is 25.8. The summed E-state index contributed by atoms with van der Waals surface area (Å²) in [7, 11) is 0. The van der Waals surface area contributed by atoms with Gasteiger partial charge in [0.1, 0.15) is 11.2 Å². The van der Waals surface area contributed by atoms with E-state index in [1.807, 2.05) is 24.3 Å². The molecule has 9 aromatic carbocycles. The largest absolute Gasteiger partial charge is 0.455 e. The van der Waals surface area contributed by atoms with Crippen LogP contribution in [0.15, 0.2) is 211 Å². The van der Waals surface area contributed by atoms with E-state index in [2.05, 4.69) is 187 Å². The summed E-state index contributed by atoms with van der Waals surface area (Å²) >= 11 is 0. The Morgan fingerprint density at radius 2 is 0.942 bits per heavy atom. The van der Waals surface area contributed by atoms with Crippen LogP contribution in [0.5, 0.6) is 0 Å². The number of para-hydroxylation sites is 1. The molecular weight excluding hydrogens is 631 g/mol. The van der Waals surface area contributed by atoms with Crippen molar-refractivity contribution >= 4 is 54.9 Å². The van der Waals surface area contributed by atoms with Gasteiger partial charge in [-0.1, -0.05) is 170 Å². The van der Waals surface area contributed by atoms with Gasteiger partial charge in [0, 0.05) is 22.0 Å². The summed E-state index contributed by atoms with van der Waals surface area (Å²) in [5.41, 5.74) is 11.0. The smallest absolute Gasteiger partial charge is 0.145 e. The molecule has 0 bridgehead atoms. The first-order valence-electron chi connectivity index (χ1n) is 17.7. The average Bonchev–Trinajstić information content (AvgIpc) is 3.60. The molecule has 52 heavy (non-hydrogen) atoms. The third-order valence-corrected chi connectivity index (χ3v) is 9.73. The summed E-state index contributed by atoms with van der Waals surface area (Å²) in [6, 6.07) is 72.2. The molecule has 0 spiro atoms. The minimum Gasteiger partial charge on any atom is -0.455 e. The van der Waals surface area contributed by atoms with Crippen molar-refractivity contribution < 1.29 is 4.42 Å². The molecule has 1 heterocycles. The summed E-state index contributed by atoms with van der Waals surface area (Å²) in [5, 5.41) is 10.9. The minimum absolute atomic E-state index is 0.897. The van der Waals surface area contributed by atoms with Gasteiger partial charge in [-0.2, -0.15) is 0 Å².